The molecule has 2 saturated heterocycles. The van der Waals surface area contributed by atoms with Crippen molar-refractivity contribution in [1.29, 1.82) is 0 Å². The van der Waals surface area contributed by atoms with E-state index >= 15 is 0 Å². The van der Waals surface area contributed by atoms with Gasteiger partial charge in [0.2, 0.25) is 17.6 Å². The maximum Gasteiger partial charge on any atom is 0.241 e. The molecule has 4 rings (SSSR count). The molecule has 180 valence electrons. The first kappa shape index (κ1) is 23.7. The van der Waals surface area contributed by atoms with Crippen LogP contribution in [0.25, 0.3) is 11.4 Å². The highest BCUT2D eigenvalue weighted by molar-refractivity contribution is 5.78. The minimum Gasteiger partial charge on any atom is -0.497 e. The van der Waals surface area contributed by atoms with Crippen molar-refractivity contribution >= 4 is 5.91 Å². The van der Waals surface area contributed by atoms with E-state index in [1.807, 2.05) is 24.3 Å². The van der Waals surface area contributed by atoms with Crippen LogP contribution in [0, 0.1) is 11.8 Å². The summed E-state index contributed by atoms with van der Waals surface area (Å²) in [6.45, 7) is 8.81. The van der Waals surface area contributed by atoms with E-state index in [4.69, 9.17) is 9.26 Å². The van der Waals surface area contributed by atoms with Gasteiger partial charge in [0.1, 0.15) is 5.75 Å². The minimum absolute atomic E-state index is 0.0257. The van der Waals surface area contributed by atoms with Gasteiger partial charge in [-0.1, -0.05) is 12.1 Å². The number of benzene rings is 1. The average molecular weight is 456 g/mol. The number of ether oxygens (including phenoxy) is 1. The third-order valence-corrected chi connectivity index (χ3v) is 6.74. The second kappa shape index (κ2) is 11.6. The molecule has 2 aliphatic heterocycles. The third-order valence-electron chi connectivity index (χ3n) is 6.74. The number of rotatable bonds is 9. The van der Waals surface area contributed by atoms with E-state index in [-0.39, 0.29) is 11.8 Å². The van der Waals surface area contributed by atoms with Crippen molar-refractivity contribution in [3.8, 4) is 17.1 Å². The van der Waals surface area contributed by atoms with E-state index in [9.17, 15) is 4.79 Å². The molecule has 0 radical (unpaired) electrons. The fraction of sp³-hybridized carbons (Fsp3) is 0.640. The molecule has 0 bridgehead atoms. The predicted octanol–water partition coefficient (Wildman–Crippen LogP) is 3.20. The number of piperidine rings is 2. The lowest BCUT2D eigenvalue weighted by molar-refractivity contribution is -0.126. The topological polar surface area (TPSA) is 83.7 Å². The number of aromatic nitrogens is 2. The van der Waals surface area contributed by atoms with Gasteiger partial charge in [-0.3, -0.25) is 9.69 Å². The maximum atomic E-state index is 12.7. The number of nitrogens with one attached hydrogen (secondary N) is 1. The number of methoxy groups -OCH3 is 1. The molecule has 8 heteroatoms. The van der Waals surface area contributed by atoms with Crippen LogP contribution in [-0.4, -0.2) is 72.2 Å². The predicted molar refractivity (Wildman–Crippen MR) is 127 cm³/mol. The second-order valence-electron chi connectivity index (χ2n) is 9.51. The number of likely N-dealkylation sites (tertiary alicyclic amines) is 2. The van der Waals surface area contributed by atoms with Crippen molar-refractivity contribution < 1.29 is 14.1 Å². The molecule has 1 aromatic carbocycles. The van der Waals surface area contributed by atoms with Gasteiger partial charge in [-0.05, 0) is 81.9 Å². The van der Waals surface area contributed by atoms with E-state index in [2.05, 4.69) is 32.2 Å². The molecule has 2 unspecified atom stereocenters. The molecule has 1 aromatic heterocycles. The molecule has 0 aliphatic carbocycles. The number of carbonyl (C=O) groups excluding carboxylic acids is 1. The molecule has 0 saturated carbocycles. The van der Waals surface area contributed by atoms with Gasteiger partial charge in [0.05, 0.1) is 19.6 Å². The Morgan fingerprint density at radius 1 is 1.15 bits per heavy atom. The van der Waals surface area contributed by atoms with E-state index in [0.29, 0.717) is 18.3 Å². The van der Waals surface area contributed by atoms with E-state index in [0.717, 1.165) is 62.7 Å². The molecule has 8 nitrogen and oxygen atoms in total. The first-order chi connectivity index (χ1) is 16.1. The molecule has 2 atom stereocenters. The van der Waals surface area contributed by atoms with Crippen molar-refractivity contribution in [3.05, 3.63) is 30.2 Å². The maximum absolute atomic E-state index is 12.7. The third kappa shape index (κ3) is 6.77. The van der Waals surface area contributed by atoms with Crippen LogP contribution in [0.4, 0.5) is 0 Å². The number of hydrogen-bond donors (Lipinski definition) is 1. The largest absolute Gasteiger partial charge is 0.497 e. The Kier molecular flexibility index (Phi) is 8.34. The smallest absolute Gasteiger partial charge is 0.241 e. The average Bonchev–Trinajstić information content (AvgIpc) is 3.30. The second-order valence-corrected chi connectivity index (χ2v) is 9.51. The lowest BCUT2D eigenvalue weighted by atomic mass is 9.97. The van der Waals surface area contributed by atoms with Gasteiger partial charge in [0, 0.05) is 25.2 Å². The molecule has 0 spiro atoms. The Balaban J connectivity index is 1.20. The van der Waals surface area contributed by atoms with Gasteiger partial charge in [-0.2, -0.15) is 4.98 Å². The van der Waals surface area contributed by atoms with E-state index < -0.39 is 0 Å². The Morgan fingerprint density at radius 2 is 1.94 bits per heavy atom. The van der Waals surface area contributed by atoms with Crippen molar-refractivity contribution in [1.82, 2.24) is 25.3 Å². The standard InChI is InChI=1S/C25H37N5O3/c1-19-6-3-13-29(16-19)15-5-12-26-25(31)21-7-4-14-30(17-21)18-23-27-24(28-33-23)20-8-10-22(32-2)11-9-20/h8-11,19,21H,3-7,12-18H2,1-2H3,(H,26,31). The SMILES string of the molecule is COc1ccc(-c2noc(CN3CCCC(C(=O)NCCCN4CCCC(C)C4)C3)n2)cc1. The Labute approximate surface area is 196 Å². The van der Waals surface area contributed by atoms with Crippen LogP contribution >= 0.6 is 0 Å². The fourth-order valence-electron chi connectivity index (χ4n) is 4.93. The lowest BCUT2D eigenvalue weighted by Gasteiger charge is -2.31. The van der Waals surface area contributed by atoms with Crippen LogP contribution in [0.5, 0.6) is 5.75 Å². The van der Waals surface area contributed by atoms with Crippen LogP contribution in [0.3, 0.4) is 0 Å². The molecular formula is C25H37N5O3. The van der Waals surface area contributed by atoms with Gasteiger partial charge in [0.25, 0.3) is 0 Å². The summed E-state index contributed by atoms with van der Waals surface area (Å²) >= 11 is 0. The molecule has 1 N–H and O–H groups in total. The van der Waals surface area contributed by atoms with Gasteiger partial charge < -0.3 is 19.5 Å². The highest BCUT2D eigenvalue weighted by atomic mass is 16.5. The van der Waals surface area contributed by atoms with Gasteiger partial charge in [0.15, 0.2) is 0 Å². The van der Waals surface area contributed by atoms with Crippen LogP contribution < -0.4 is 10.1 Å². The summed E-state index contributed by atoms with van der Waals surface area (Å²) in [5.74, 6) is 2.95. The molecule has 2 aromatic rings. The summed E-state index contributed by atoms with van der Waals surface area (Å²) in [6.07, 6.45) is 5.60. The number of amides is 1. The Morgan fingerprint density at radius 3 is 2.73 bits per heavy atom. The van der Waals surface area contributed by atoms with Gasteiger partial charge in [-0.15, -0.1) is 0 Å². The molecule has 3 heterocycles. The van der Waals surface area contributed by atoms with Crippen LogP contribution in [0.15, 0.2) is 28.8 Å². The molecular weight excluding hydrogens is 418 g/mol. The zero-order valence-corrected chi connectivity index (χ0v) is 20.0. The monoisotopic (exact) mass is 455 g/mol. The van der Waals surface area contributed by atoms with Crippen LogP contribution in [-0.2, 0) is 11.3 Å². The Hall–Kier alpha value is -2.45. The highest BCUT2D eigenvalue weighted by Crippen LogP contribution is 2.22. The van der Waals surface area contributed by atoms with E-state index in [1.165, 1.54) is 25.9 Å². The van der Waals surface area contributed by atoms with Crippen molar-refractivity contribution in [3.63, 3.8) is 0 Å². The highest BCUT2D eigenvalue weighted by Gasteiger charge is 2.27. The van der Waals surface area contributed by atoms with Crippen molar-refractivity contribution in [2.24, 2.45) is 11.8 Å². The fourth-order valence-corrected chi connectivity index (χ4v) is 4.93. The quantitative estimate of drug-likeness (QED) is 0.581. The molecule has 1 amide bonds. The first-order valence-corrected chi connectivity index (χ1v) is 12.3. The minimum atomic E-state index is 0.0257. The molecule has 2 aliphatic rings. The number of hydrogen-bond acceptors (Lipinski definition) is 7. The van der Waals surface area contributed by atoms with Crippen molar-refractivity contribution in [2.75, 3.05) is 46.4 Å². The summed E-state index contributed by atoms with van der Waals surface area (Å²) in [4.78, 5) is 22.1. The summed E-state index contributed by atoms with van der Waals surface area (Å²) in [6, 6.07) is 7.60. The first-order valence-electron chi connectivity index (χ1n) is 12.3. The molecule has 33 heavy (non-hydrogen) atoms. The van der Waals surface area contributed by atoms with Crippen LogP contribution in [0.2, 0.25) is 0 Å². The van der Waals surface area contributed by atoms with Crippen molar-refractivity contribution in [2.45, 2.75) is 45.6 Å². The summed E-state index contributed by atoms with van der Waals surface area (Å²) in [5, 5.41) is 7.29. The lowest BCUT2D eigenvalue weighted by Crippen LogP contribution is -2.43. The number of carbonyl (C=O) groups is 1. The van der Waals surface area contributed by atoms with Crippen LogP contribution in [0.1, 0.15) is 44.9 Å². The summed E-state index contributed by atoms with van der Waals surface area (Å²) in [7, 11) is 1.64. The Bertz CT molecular complexity index is 884. The number of nitrogens with zero attached hydrogens (tertiary/aromatic N) is 4. The molecule has 2 fully saturated rings. The van der Waals surface area contributed by atoms with Gasteiger partial charge >= 0.3 is 0 Å². The zero-order valence-electron chi connectivity index (χ0n) is 20.0. The normalized spacial score (nSPS) is 22.2. The van der Waals surface area contributed by atoms with Gasteiger partial charge in [-0.25, -0.2) is 0 Å². The zero-order chi connectivity index (χ0) is 23.0. The summed E-state index contributed by atoms with van der Waals surface area (Å²) < 4.78 is 10.7. The summed E-state index contributed by atoms with van der Waals surface area (Å²) in [5.41, 5.74) is 0.890. The van der Waals surface area contributed by atoms with E-state index in [1.54, 1.807) is 7.11 Å².